The average molecular weight is 410 g/mol. The number of nitrogens with one attached hydrogen (secondary N) is 2. The number of carbonyl (C=O) groups is 2. The number of unbranched alkanes of at least 4 members (excludes halogenated alkanes) is 1. The summed E-state index contributed by atoms with van der Waals surface area (Å²) in [5.41, 5.74) is 6.65. The van der Waals surface area contributed by atoms with Gasteiger partial charge in [-0.15, -0.1) is 0 Å². The summed E-state index contributed by atoms with van der Waals surface area (Å²) in [6.45, 7) is 0. The molecule has 0 aromatic heterocycles. The molecule has 2 N–H and O–H groups in total. The Kier molecular flexibility index (Phi) is 9.58. The minimum atomic E-state index is -0.197. The average Bonchev–Trinajstić information content (AvgIpc) is 2.77. The fourth-order valence-corrected chi connectivity index (χ4v) is 2.42. The Morgan fingerprint density at radius 3 is 1.43 bits per heavy atom. The van der Waals surface area contributed by atoms with Crippen LogP contribution in [-0.4, -0.2) is 38.5 Å². The Balaban J connectivity index is 1.58. The van der Waals surface area contributed by atoms with E-state index in [0.29, 0.717) is 25.7 Å². The maximum Gasteiger partial charge on any atom is 0.240 e. The van der Waals surface area contributed by atoms with E-state index >= 15 is 0 Å². The highest BCUT2D eigenvalue weighted by Gasteiger charge is 2.03. The zero-order chi connectivity index (χ0) is 21.6. The van der Waals surface area contributed by atoms with Crippen molar-refractivity contribution in [2.45, 2.75) is 25.7 Å². The van der Waals surface area contributed by atoms with Gasteiger partial charge >= 0.3 is 0 Å². The molecule has 0 saturated carbocycles. The van der Waals surface area contributed by atoms with Gasteiger partial charge in [0.2, 0.25) is 11.8 Å². The third kappa shape index (κ3) is 8.55. The van der Waals surface area contributed by atoms with Gasteiger partial charge in [0.1, 0.15) is 11.5 Å². The topological polar surface area (TPSA) is 101 Å². The second-order valence-corrected chi connectivity index (χ2v) is 6.34. The first-order valence-electron chi connectivity index (χ1n) is 9.52. The summed E-state index contributed by atoms with van der Waals surface area (Å²) in [5, 5.41) is 7.84. The fraction of sp³-hybridized carbons (Fsp3) is 0.273. The summed E-state index contributed by atoms with van der Waals surface area (Å²) in [5.74, 6) is 1.12. The lowest BCUT2D eigenvalue weighted by atomic mass is 10.2. The first kappa shape index (κ1) is 22.6. The van der Waals surface area contributed by atoms with Gasteiger partial charge in [-0.3, -0.25) is 9.59 Å². The van der Waals surface area contributed by atoms with Crippen molar-refractivity contribution in [3.05, 3.63) is 59.7 Å². The number of carbonyl (C=O) groups excluding carboxylic acids is 2. The third-order valence-electron chi connectivity index (χ3n) is 4.10. The van der Waals surface area contributed by atoms with Crippen molar-refractivity contribution in [2.24, 2.45) is 10.2 Å². The van der Waals surface area contributed by atoms with Crippen molar-refractivity contribution in [1.29, 1.82) is 0 Å². The minimum Gasteiger partial charge on any atom is -0.497 e. The molecular formula is C22H26N4O4. The van der Waals surface area contributed by atoms with Gasteiger partial charge in [0.15, 0.2) is 0 Å². The van der Waals surface area contributed by atoms with Crippen LogP contribution in [0.25, 0.3) is 0 Å². The summed E-state index contributed by atoms with van der Waals surface area (Å²) < 4.78 is 10.2. The van der Waals surface area contributed by atoms with Gasteiger partial charge in [0.25, 0.3) is 0 Å². The highest BCUT2D eigenvalue weighted by atomic mass is 16.5. The molecule has 0 aliphatic heterocycles. The van der Waals surface area contributed by atoms with Crippen LogP contribution < -0.4 is 20.3 Å². The molecule has 0 aliphatic rings. The van der Waals surface area contributed by atoms with Gasteiger partial charge in [-0.1, -0.05) is 0 Å². The summed E-state index contributed by atoms with van der Waals surface area (Å²) in [6, 6.07) is 14.6. The lowest BCUT2D eigenvalue weighted by Crippen LogP contribution is -2.19. The highest BCUT2D eigenvalue weighted by Crippen LogP contribution is 2.10. The van der Waals surface area contributed by atoms with E-state index in [2.05, 4.69) is 21.1 Å². The number of benzene rings is 2. The molecule has 8 heteroatoms. The molecule has 2 aromatic carbocycles. The van der Waals surface area contributed by atoms with Crippen LogP contribution in [0.1, 0.15) is 36.8 Å². The predicted octanol–water partition coefficient (Wildman–Crippen LogP) is 2.86. The van der Waals surface area contributed by atoms with Crippen LogP contribution in [0.5, 0.6) is 11.5 Å². The van der Waals surface area contributed by atoms with Crippen LogP contribution in [0.4, 0.5) is 0 Å². The summed E-state index contributed by atoms with van der Waals surface area (Å²) in [7, 11) is 3.20. The van der Waals surface area contributed by atoms with Crippen molar-refractivity contribution in [2.75, 3.05) is 14.2 Å². The molecule has 30 heavy (non-hydrogen) atoms. The summed E-state index contributed by atoms with van der Waals surface area (Å²) in [4.78, 5) is 23.6. The molecule has 0 spiro atoms. The lowest BCUT2D eigenvalue weighted by Gasteiger charge is -2.02. The van der Waals surface area contributed by atoms with Crippen LogP contribution in [0.2, 0.25) is 0 Å². The van der Waals surface area contributed by atoms with Crippen molar-refractivity contribution in [1.82, 2.24) is 10.9 Å². The Hall–Kier alpha value is -3.68. The SMILES string of the molecule is COc1ccc(/C=N/NC(=O)CCCCC(=O)N/N=C/c2ccc(OC)cc2)cc1. The normalized spacial score (nSPS) is 10.9. The van der Waals surface area contributed by atoms with E-state index in [1.54, 1.807) is 26.6 Å². The number of hydrazone groups is 2. The molecule has 0 heterocycles. The lowest BCUT2D eigenvalue weighted by molar-refractivity contribution is -0.123. The largest absolute Gasteiger partial charge is 0.497 e. The second-order valence-electron chi connectivity index (χ2n) is 6.34. The second kappa shape index (κ2) is 12.7. The molecule has 0 saturated heterocycles. The number of hydrogen-bond donors (Lipinski definition) is 2. The van der Waals surface area contributed by atoms with Crippen molar-refractivity contribution in [3.8, 4) is 11.5 Å². The minimum absolute atomic E-state index is 0.197. The molecular weight excluding hydrogens is 384 g/mol. The van der Waals surface area contributed by atoms with Gasteiger partial charge < -0.3 is 9.47 Å². The van der Waals surface area contributed by atoms with Crippen LogP contribution >= 0.6 is 0 Å². The van der Waals surface area contributed by atoms with E-state index in [1.165, 1.54) is 0 Å². The molecule has 0 aliphatic carbocycles. The fourth-order valence-electron chi connectivity index (χ4n) is 2.42. The predicted molar refractivity (Wildman–Crippen MR) is 116 cm³/mol. The van der Waals surface area contributed by atoms with Crippen LogP contribution in [0.15, 0.2) is 58.7 Å². The summed E-state index contributed by atoms with van der Waals surface area (Å²) in [6.07, 6.45) is 4.88. The number of nitrogens with zero attached hydrogens (tertiary/aromatic N) is 2. The Morgan fingerprint density at radius 1 is 0.733 bits per heavy atom. The monoisotopic (exact) mass is 410 g/mol. The third-order valence-corrected chi connectivity index (χ3v) is 4.10. The molecule has 0 fully saturated rings. The van der Waals surface area contributed by atoms with Gasteiger partial charge in [-0.2, -0.15) is 10.2 Å². The van der Waals surface area contributed by atoms with Gasteiger partial charge in [-0.25, -0.2) is 10.9 Å². The Bertz CT molecular complexity index is 788. The molecule has 8 nitrogen and oxygen atoms in total. The molecule has 0 bridgehead atoms. The highest BCUT2D eigenvalue weighted by molar-refractivity contribution is 5.83. The maximum atomic E-state index is 11.8. The zero-order valence-electron chi connectivity index (χ0n) is 17.1. The van der Waals surface area contributed by atoms with Crippen LogP contribution in [0, 0.1) is 0 Å². The van der Waals surface area contributed by atoms with E-state index in [0.717, 1.165) is 22.6 Å². The van der Waals surface area contributed by atoms with Gasteiger partial charge in [-0.05, 0) is 72.5 Å². The number of amides is 2. The van der Waals surface area contributed by atoms with E-state index in [9.17, 15) is 9.59 Å². The number of ether oxygens (including phenoxy) is 2. The molecule has 2 rings (SSSR count). The Labute approximate surface area is 176 Å². The van der Waals surface area contributed by atoms with Crippen LogP contribution in [0.3, 0.4) is 0 Å². The number of rotatable bonds is 11. The number of hydrogen-bond acceptors (Lipinski definition) is 6. The summed E-state index contributed by atoms with van der Waals surface area (Å²) >= 11 is 0. The van der Waals surface area contributed by atoms with E-state index < -0.39 is 0 Å². The van der Waals surface area contributed by atoms with E-state index in [-0.39, 0.29) is 11.8 Å². The molecule has 2 aromatic rings. The van der Waals surface area contributed by atoms with Crippen molar-refractivity contribution < 1.29 is 19.1 Å². The molecule has 2 amide bonds. The molecule has 0 unspecified atom stereocenters. The smallest absolute Gasteiger partial charge is 0.240 e. The van der Waals surface area contributed by atoms with Gasteiger partial charge in [0, 0.05) is 12.8 Å². The molecule has 158 valence electrons. The van der Waals surface area contributed by atoms with Crippen molar-refractivity contribution in [3.63, 3.8) is 0 Å². The quantitative estimate of drug-likeness (QED) is 0.338. The first-order chi connectivity index (χ1) is 14.6. The molecule has 0 atom stereocenters. The van der Waals surface area contributed by atoms with Gasteiger partial charge in [0.05, 0.1) is 26.6 Å². The number of methoxy groups -OCH3 is 2. The standard InChI is InChI=1S/C22H26N4O4/c1-29-19-11-7-17(8-12-19)15-23-25-21(27)5-3-4-6-22(28)26-24-16-18-9-13-20(30-2)14-10-18/h7-16H,3-6H2,1-2H3,(H,25,27)(H,26,28)/b23-15+,24-16+. The van der Waals surface area contributed by atoms with E-state index in [1.807, 2.05) is 48.5 Å². The molecule has 0 radical (unpaired) electrons. The first-order valence-corrected chi connectivity index (χ1v) is 9.52. The zero-order valence-corrected chi connectivity index (χ0v) is 17.1. The van der Waals surface area contributed by atoms with Crippen molar-refractivity contribution >= 4 is 24.2 Å². The van der Waals surface area contributed by atoms with Crippen LogP contribution in [-0.2, 0) is 9.59 Å². The Morgan fingerprint density at radius 2 is 1.10 bits per heavy atom. The maximum absolute atomic E-state index is 11.8. The van der Waals surface area contributed by atoms with E-state index in [4.69, 9.17) is 9.47 Å².